The number of phenols is 1. The van der Waals surface area contributed by atoms with Crippen molar-refractivity contribution in [3.05, 3.63) is 95.1 Å². The molecule has 3 fully saturated rings. The number of aromatic hydroxyl groups is 1. The number of nitrogens with zero attached hydrogens (tertiary/aromatic N) is 2. The van der Waals surface area contributed by atoms with E-state index in [1.807, 2.05) is 31.2 Å². The number of para-hydroxylation sites is 1. The zero-order chi connectivity index (χ0) is 31.9. The summed E-state index contributed by atoms with van der Waals surface area (Å²) in [5.41, 5.74) is 2.65. The maximum atomic E-state index is 14.5. The van der Waals surface area contributed by atoms with Crippen LogP contribution in [-0.2, 0) is 19.2 Å². The van der Waals surface area contributed by atoms with Crippen molar-refractivity contribution in [2.24, 2.45) is 29.1 Å². The van der Waals surface area contributed by atoms with E-state index in [0.29, 0.717) is 16.8 Å². The van der Waals surface area contributed by atoms with Crippen LogP contribution in [0.25, 0.3) is 0 Å². The van der Waals surface area contributed by atoms with Crippen LogP contribution >= 0.6 is 0 Å². The summed E-state index contributed by atoms with van der Waals surface area (Å²) >= 11 is 0. The number of aryl methyl sites for hydroxylation is 2. The summed E-state index contributed by atoms with van der Waals surface area (Å²) in [5, 5.41) is 30.0. The summed E-state index contributed by atoms with van der Waals surface area (Å²) < 4.78 is 0. The molecule has 1 saturated carbocycles. The number of carbonyl (C=O) groups is 4. The average Bonchev–Trinajstić information content (AvgIpc) is 3.39. The van der Waals surface area contributed by atoms with Crippen LogP contribution < -0.4 is 15.3 Å². The van der Waals surface area contributed by atoms with Crippen LogP contribution in [0.5, 0.6) is 5.75 Å². The standard InChI is InChI=1S/C35H33BN2O7/c1-18-14-20(15-19(2)30(18)39)29-24-12-13-25-28(33(42)37(31(25)40)23-11-7-8-21(16-23)36(44)45)26(24)17-27-32(41)38(34(43)35(27,29)3)22-9-5-4-6-10-22/h4-12,14-16,25-29,39,44-45H,13,17H2,1-3H3/t25-,26+,27-,28-,29-,35+/m0/s1. The molecule has 45 heavy (non-hydrogen) atoms. The van der Waals surface area contributed by atoms with Crippen LogP contribution in [0.3, 0.4) is 0 Å². The number of rotatable bonds is 4. The molecule has 4 aliphatic rings. The lowest BCUT2D eigenvalue weighted by atomic mass is 9.51. The van der Waals surface area contributed by atoms with Gasteiger partial charge in [0.05, 0.1) is 34.5 Å². The second kappa shape index (κ2) is 10.3. The molecule has 3 aromatic carbocycles. The number of carbonyl (C=O) groups excluding carboxylic acids is 4. The van der Waals surface area contributed by atoms with E-state index in [0.717, 1.165) is 16.0 Å². The number of amides is 4. The third kappa shape index (κ3) is 4.08. The lowest BCUT2D eigenvalue weighted by Crippen LogP contribution is -2.49. The average molecular weight is 604 g/mol. The SMILES string of the molecule is Cc1cc([C@H]2C3=CC[C@@H]4C(=O)N(c5cccc(B(O)O)c5)C(=O)[C@@H]4[C@@H]3C[C@H]3C(=O)N(c4ccccc4)C(=O)[C@@]23C)cc(C)c1O. The fourth-order valence-electron chi connectivity index (χ4n) is 8.45. The number of hydrogen-bond acceptors (Lipinski definition) is 7. The molecule has 0 spiro atoms. The third-order valence-corrected chi connectivity index (χ3v) is 10.6. The van der Waals surface area contributed by atoms with Gasteiger partial charge >= 0.3 is 7.12 Å². The Kier molecular flexibility index (Phi) is 6.65. The fourth-order valence-corrected chi connectivity index (χ4v) is 8.45. The molecule has 2 saturated heterocycles. The molecule has 2 aliphatic carbocycles. The molecule has 0 bridgehead atoms. The first kappa shape index (κ1) is 29.2. The fraction of sp³-hybridized carbons (Fsp3) is 0.314. The largest absolute Gasteiger partial charge is 0.507 e. The zero-order valence-electron chi connectivity index (χ0n) is 25.2. The summed E-state index contributed by atoms with van der Waals surface area (Å²) in [5.74, 6) is -4.47. The van der Waals surface area contributed by atoms with Gasteiger partial charge in [0.1, 0.15) is 5.75 Å². The van der Waals surface area contributed by atoms with E-state index >= 15 is 0 Å². The van der Waals surface area contributed by atoms with Gasteiger partial charge in [0.25, 0.3) is 0 Å². The molecular weight excluding hydrogens is 571 g/mol. The second-order valence-corrected chi connectivity index (χ2v) is 13.0. The van der Waals surface area contributed by atoms with Gasteiger partial charge in [-0.3, -0.25) is 24.1 Å². The van der Waals surface area contributed by atoms with Gasteiger partial charge in [0, 0.05) is 5.92 Å². The van der Waals surface area contributed by atoms with Crippen molar-refractivity contribution in [1.29, 1.82) is 0 Å². The Hall–Kier alpha value is -4.54. The zero-order valence-corrected chi connectivity index (χ0v) is 25.2. The Labute approximate surface area is 260 Å². The van der Waals surface area contributed by atoms with Crippen molar-refractivity contribution in [3.8, 4) is 5.75 Å². The third-order valence-electron chi connectivity index (χ3n) is 10.6. The van der Waals surface area contributed by atoms with Gasteiger partial charge < -0.3 is 15.2 Å². The number of benzene rings is 3. The molecule has 7 rings (SSSR count). The van der Waals surface area contributed by atoms with Crippen molar-refractivity contribution in [2.45, 2.75) is 39.5 Å². The van der Waals surface area contributed by atoms with Gasteiger partial charge in [-0.05, 0) is 85.9 Å². The highest BCUT2D eigenvalue weighted by Gasteiger charge is 2.67. The smallest absolute Gasteiger partial charge is 0.488 e. The predicted octanol–water partition coefficient (Wildman–Crippen LogP) is 3.12. The van der Waals surface area contributed by atoms with Gasteiger partial charge in [0.2, 0.25) is 23.6 Å². The number of fused-ring (bicyclic) bond motifs is 4. The highest BCUT2D eigenvalue weighted by atomic mass is 16.4. The Bertz CT molecular complexity index is 1800. The predicted molar refractivity (Wildman–Crippen MR) is 167 cm³/mol. The summed E-state index contributed by atoms with van der Waals surface area (Å²) in [6.45, 7) is 5.43. The maximum Gasteiger partial charge on any atom is 0.488 e. The number of hydrogen-bond donors (Lipinski definition) is 3. The summed E-state index contributed by atoms with van der Waals surface area (Å²) in [6.07, 6.45) is 2.50. The van der Waals surface area contributed by atoms with E-state index in [1.165, 1.54) is 17.0 Å². The summed E-state index contributed by atoms with van der Waals surface area (Å²) in [4.78, 5) is 59.2. The number of allylic oxidation sites excluding steroid dienone is 2. The molecule has 2 heterocycles. The molecule has 0 aromatic heterocycles. The van der Waals surface area contributed by atoms with E-state index in [-0.39, 0.29) is 47.5 Å². The first-order chi connectivity index (χ1) is 21.4. The summed E-state index contributed by atoms with van der Waals surface area (Å²) in [6, 6.07) is 18.6. The van der Waals surface area contributed by atoms with Gasteiger partial charge in [-0.15, -0.1) is 0 Å². The van der Waals surface area contributed by atoms with Crippen molar-refractivity contribution in [3.63, 3.8) is 0 Å². The molecule has 3 aromatic rings. The quantitative estimate of drug-likeness (QED) is 0.237. The normalized spacial score (nSPS) is 29.0. The van der Waals surface area contributed by atoms with E-state index < -0.39 is 48.0 Å². The molecule has 0 radical (unpaired) electrons. The van der Waals surface area contributed by atoms with Crippen LogP contribution in [0.4, 0.5) is 11.4 Å². The number of imide groups is 2. The topological polar surface area (TPSA) is 135 Å². The monoisotopic (exact) mass is 604 g/mol. The van der Waals surface area contributed by atoms with Crippen LogP contribution in [-0.4, -0.2) is 45.9 Å². The second-order valence-electron chi connectivity index (χ2n) is 13.0. The highest BCUT2D eigenvalue weighted by molar-refractivity contribution is 6.58. The molecule has 0 unspecified atom stereocenters. The Morgan fingerprint density at radius 2 is 1.47 bits per heavy atom. The lowest BCUT2D eigenvalue weighted by molar-refractivity contribution is -0.131. The first-order valence-corrected chi connectivity index (χ1v) is 15.2. The molecular formula is C35H33BN2O7. The van der Waals surface area contributed by atoms with Crippen molar-refractivity contribution in [1.82, 2.24) is 0 Å². The van der Waals surface area contributed by atoms with Crippen LogP contribution in [0.1, 0.15) is 42.4 Å². The minimum Gasteiger partial charge on any atom is -0.507 e. The molecule has 3 N–H and O–H groups in total. The molecule has 228 valence electrons. The van der Waals surface area contributed by atoms with Gasteiger partial charge in [-0.2, -0.15) is 0 Å². The van der Waals surface area contributed by atoms with Crippen LogP contribution in [0, 0.1) is 42.9 Å². The maximum absolute atomic E-state index is 14.5. The molecule has 10 heteroatoms. The molecule has 6 atom stereocenters. The summed E-state index contributed by atoms with van der Waals surface area (Å²) in [7, 11) is -1.76. The Balaban J connectivity index is 1.37. The highest BCUT2D eigenvalue weighted by Crippen LogP contribution is 2.64. The Morgan fingerprint density at radius 1 is 0.800 bits per heavy atom. The van der Waals surface area contributed by atoms with E-state index in [2.05, 4.69) is 0 Å². The minimum atomic E-state index is -1.76. The van der Waals surface area contributed by atoms with Crippen molar-refractivity contribution in [2.75, 3.05) is 9.80 Å². The molecule has 2 aliphatic heterocycles. The molecule has 4 amide bonds. The van der Waals surface area contributed by atoms with E-state index in [1.54, 1.807) is 50.2 Å². The van der Waals surface area contributed by atoms with Crippen molar-refractivity contribution >= 4 is 47.6 Å². The number of phenolic OH excluding ortho intramolecular Hbond substituents is 1. The molecule has 9 nitrogen and oxygen atoms in total. The van der Waals surface area contributed by atoms with E-state index in [9.17, 15) is 34.3 Å². The van der Waals surface area contributed by atoms with E-state index in [4.69, 9.17) is 0 Å². The van der Waals surface area contributed by atoms with Gasteiger partial charge in [-0.25, -0.2) is 4.90 Å². The minimum absolute atomic E-state index is 0.157. The lowest BCUT2D eigenvalue weighted by Gasteiger charge is -2.49. The first-order valence-electron chi connectivity index (χ1n) is 15.2. The van der Waals surface area contributed by atoms with Gasteiger partial charge in [-0.1, -0.05) is 54.1 Å². The van der Waals surface area contributed by atoms with Crippen molar-refractivity contribution < 1.29 is 34.3 Å². The van der Waals surface area contributed by atoms with Crippen LogP contribution in [0.2, 0.25) is 0 Å². The Morgan fingerprint density at radius 3 is 2.13 bits per heavy atom. The van der Waals surface area contributed by atoms with Crippen LogP contribution in [0.15, 0.2) is 78.4 Å². The number of anilines is 2. The van der Waals surface area contributed by atoms with Gasteiger partial charge in [0.15, 0.2) is 0 Å².